The van der Waals surface area contributed by atoms with Gasteiger partial charge in [0.25, 0.3) is 0 Å². The zero-order chi connectivity index (χ0) is 15.5. The molecule has 21 heavy (non-hydrogen) atoms. The molecule has 0 atom stereocenters. The molecule has 7 nitrogen and oxygen atoms in total. The third-order valence-corrected chi connectivity index (χ3v) is 4.42. The minimum atomic E-state index is -3.59. The van der Waals surface area contributed by atoms with E-state index in [0.29, 0.717) is 17.5 Å². The van der Waals surface area contributed by atoms with Gasteiger partial charge in [-0.1, -0.05) is 23.7 Å². The molecule has 0 bridgehead atoms. The van der Waals surface area contributed by atoms with Crippen LogP contribution >= 0.6 is 11.6 Å². The van der Waals surface area contributed by atoms with Crippen LogP contribution in [0.4, 0.5) is 17.5 Å². The number of sulfonamides is 1. The van der Waals surface area contributed by atoms with E-state index in [1.165, 1.54) is 19.3 Å². The number of aromatic nitrogens is 2. The Morgan fingerprint density at radius 2 is 1.90 bits per heavy atom. The Labute approximate surface area is 127 Å². The summed E-state index contributed by atoms with van der Waals surface area (Å²) in [6.07, 6.45) is 1.43. The SMILES string of the molecule is CNc1ncc(Cl)c(Nc2ccccc2S(=O)(=O)NC)n1. The van der Waals surface area contributed by atoms with Crippen LogP contribution < -0.4 is 15.4 Å². The molecule has 3 N–H and O–H groups in total. The molecular formula is C12H14ClN5O2S. The number of halogens is 1. The highest BCUT2D eigenvalue weighted by atomic mass is 35.5. The molecule has 0 amide bonds. The predicted molar refractivity (Wildman–Crippen MR) is 82.6 cm³/mol. The number of rotatable bonds is 5. The highest BCUT2D eigenvalue weighted by molar-refractivity contribution is 7.89. The average Bonchev–Trinajstić information content (AvgIpc) is 2.50. The van der Waals surface area contributed by atoms with Crippen molar-refractivity contribution in [2.24, 2.45) is 0 Å². The molecule has 2 aromatic rings. The summed E-state index contributed by atoms with van der Waals surface area (Å²) in [6.45, 7) is 0. The molecule has 0 aliphatic heterocycles. The summed E-state index contributed by atoms with van der Waals surface area (Å²) < 4.78 is 26.3. The molecule has 112 valence electrons. The largest absolute Gasteiger partial charge is 0.357 e. The van der Waals surface area contributed by atoms with Gasteiger partial charge >= 0.3 is 0 Å². The van der Waals surface area contributed by atoms with E-state index in [1.807, 2.05) is 0 Å². The lowest BCUT2D eigenvalue weighted by Crippen LogP contribution is -2.19. The second kappa shape index (κ2) is 6.25. The van der Waals surface area contributed by atoms with E-state index < -0.39 is 10.0 Å². The highest BCUT2D eigenvalue weighted by Crippen LogP contribution is 2.27. The van der Waals surface area contributed by atoms with E-state index in [-0.39, 0.29) is 9.92 Å². The van der Waals surface area contributed by atoms with Crippen molar-refractivity contribution in [2.75, 3.05) is 24.7 Å². The van der Waals surface area contributed by atoms with E-state index in [4.69, 9.17) is 11.6 Å². The third kappa shape index (κ3) is 3.41. The molecule has 0 saturated heterocycles. The second-order valence-electron chi connectivity index (χ2n) is 3.97. The van der Waals surface area contributed by atoms with Crippen molar-refractivity contribution < 1.29 is 8.42 Å². The average molecular weight is 328 g/mol. The van der Waals surface area contributed by atoms with Crippen molar-refractivity contribution in [1.82, 2.24) is 14.7 Å². The summed E-state index contributed by atoms with van der Waals surface area (Å²) in [5.41, 5.74) is 0.370. The number of nitrogens with one attached hydrogen (secondary N) is 3. The van der Waals surface area contributed by atoms with Gasteiger partial charge in [0.15, 0.2) is 5.82 Å². The topological polar surface area (TPSA) is 96.0 Å². The van der Waals surface area contributed by atoms with Gasteiger partial charge in [-0.2, -0.15) is 4.98 Å². The molecule has 0 spiro atoms. The van der Waals surface area contributed by atoms with Gasteiger partial charge in [-0.15, -0.1) is 0 Å². The Bertz CT molecular complexity index is 751. The maximum Gasteiger partial charge on any atom is 0.242 e. The molecule has 0 radical (unpaired) electrons. The van der Waals surface area contributed by atoms with Crippen LogP contribution in [0, 0.1) is 0 Å². The first-order valence-electron chi connectivity index (χ1n) is 5.98. The van der Waals surface area contributed by atoms with Gasteiger partial charge in [0, 0.05) is 7.05 Å². The number of hydrogen-bond donors (Lipinski definition) is 3. The van der Waals surface area contributed by atoms with E-state index >= 15 is 0 Å². The van der Waals surface area contributed by atoms with Crippen molar-refractivity contribution in [2.45, 2.75) is 4.90 Å². The van der Waals surface area contributed by atoms with Crippen LogP contribution in [0.5, 0.6) is 0 Å². The van der Waals surface area contributed by atoms with Crippen LogP contribution in [0.3, 0.4) is 0 Å². The third-order valence-electron chi connectivity index (χ3n) is 2.67. The lowest BCUT2D eigenvalue weighted by atomic mass is 10.3. The van der Waals surface area contributed by atoms with Crippen LogP contribution in [-0.2, 0) is 10.0 Å². The predicted octanol–water partition coefficient (Wildman–Crippen LogP) is 1.82. The first-order chi connectivity index (χ1) is 9.97. The van der Waals surface area contributed by atoms with Crippen LogP contribution in [0.1, 0.15) is 0 Å². The number of nitrogens with zero attached hydrogens (tertiary/aromatic N) is 2. The molecule has 1 heterocycles. The quantitative estimate of drug-likeness (QED) is 0.775. The first kappa shape index (κ1) is 15.5. The number of anilines is 3. The van der Waals surface area contributed by atoms with Gasteiger partial charge in [-0.3, -0.25) is 0 Å². The monoisotopic (exact) mass is 327 g/mol. The van der Waals surface area contributed by atoms with Gasteiger partial charge in [-0.05, 0) is 19.2 Å². The number of para-hydroxylation sites is 1. The summed E-state index contributed by atoms with van der Waals surface area (Å²) in [5, 5.41) is 5.98. The summed E-state index contributed by atoms with van der Waals surface area (Å²) >= 11 is 6.02. The highest BCUT2D eigenvalue weighted by Gasteiger charge is 2.17. The van der Waals surface area contributed by atoms with Crippen LogP contribution in [0.15, 0.2) is 35.4 Å². The lowest BCUT2D eigenvalue weighted by molar-refractivity contribution is 0.588. The standard InChI is InChI=1S/C12H14ClN5O2S/c1-14-12-16-7-8(13)11(18-12)17-9-5-3-4-6-10(9)21(19,20)15-2/h3-7,15H,1-2H3,(H2,14,16,17,18). The molecule has 0 fully saturated rings. The van der Waals surface area contributed by atoms with Crippen molar-refractivity contribution >= 4 is 39.1 Å². The van der Waals surface area contributed by atoms with E-state index in [0.717, 1.165) is 0 Å². The summed E-state index contributed by atoms with van der Waals surface area (Å²) in [5.74, 6) is 0.686. The Morgan fingerprint density at radius 3 is 2.57 bits per heavy atom. The molecule has 0 unspecified atom stereocenters. The molecule has 2 rings (SSSR count). The smallest absolute Gasteiger partial charge is 0.242 e. The molecular weight excluding hydrogens is 314 g/mol. The van der Waals surface area contributed by atoms with Crippen LogP contribution in [0.25, 0.3) is 0 Å². The summed E-state index contributed by atoms with van der Waals surface area (Å²) in [4.78, 5) is 8.22. The second-order valence-corrected chi connectivity index (χ2v) is 6.23. The van der Waals surface area contributed by atoms with Gasteiger partial charge in [0.05, 0.1) is 11.9 Å². The van der Waals surface area contributed by atoms with Crippen molar-refractivity contribution in [3.8, 4) is 0 Å². The maximum absolute atomic E-state index is 12.0. The summed E-state index contributed by atoms with van der Waals surface area (Å²) in [6, 6.07) is 6.46. The molecule has 1 aromatic carbocycles. The normalized spacial score (nSPS) is 11.2. The Balaban J connectivity index is 2.46. The van der Waals surface area contributed by atoms with E-state index in [9.17, 15) is 8.42 Å². The van der Waals surface area contributed by atoms with Gasteiger partial charge in [0.2, 0.25) is 16.0 Å². The fraction of sp³-hybridized carbons (Fsp3) is 0.167. The van der Waals surface area contributed by atoms with Gasteiger partial charge in [-0.25, -0.2) is 18.1 Å². The maximum atomic E-state index is 12.0. The molecule has 0 aliphatic rings. The zero-order valence-corrected chi connectivity index (χ0v) is 13.0. The van der Waals surface area contributed by atoms with Crippen molar-refractivity contribution in [1.29, 1.82) is 0 Å². The molecule has 9 heteroatoms. The number of hydrogen-bond acceptors (Lipinski definition) is 6. The number of benzene rings is 1. The molecule has 1 aromatic heterocycles. The minimum absolute atomic E-state index is 0.105. The van der Waals surface area contributed by atoms with E-state index in [1.54, 1.807) is 25.2 Å². The van der Waals surface area contributed by atoms with Crippen molar-refractivity contribution in [3.05, 3.63) is 35.5 Å². The summed E-state index contributed by atoms with van der Waals surface area (Å²) in [7, 11) is -0.569. The molecule has 0 saturated carbocycles. The van der Waals surface area contributed by atoms with Crippen LogP contribution in [0.2, 0.25) is 5.02 Å². The Hall–Kier alpha value is -1.90. The van der Waals surface area contributed by atoms with Crippen molar-refractivity contribution in [3.63, 3.8) is 0 Å². The van der Waals surface area contributed by atoms with Crippen LogP contribution in [-0.4, -0.2) is 32.5 Å². The molecule has 0 aliphatic carbocycles. The van der Waals surface area contributed by atoms with E-state index in [2.05, 4.69) is 25.3 Å². The minimum Gasteiger partial charge on any atom is -0.357 e. The Morgan fingerprint density at radius 1 is 1.19 bits per heavy atom. The zero-order valence-electron chi connectivity index (χ0n) is 11.4. The van der Waals surface area contributed by atoms with Gasteiger partial charge in [0.1, 0.15) is 9.92 Å². The Kier molecular flexibility index (Phi) is 4.61. The first-order valence-corrected chi connectivity index (χ1v) is 7.84. The fourth-order valence-corrected chi connectivity index (χ4v) is 2.64. The fourth-order valence-electron chi connectivity index (χ4n) is 1.62. The van der Waals surface area contributed by atoms with Gasteiger partial charge < -0.3 is 10.6 Å². The lowest BCUT2D eigenvalue weighted by Gasteiger charge is -2.12.